The highest BCUT2D eigenvalue weighted by atomic mass is 32.2. The summed E-state index contributed by atoms with van der Waals surface area (Å²) in [5.41, 5.74) is 1.98. The number of halogens is 1. The summed E-state index contributed by atoms with van der Waals surface area (Å²) in [6, 6.07) is 10.6. The lowest BCUT2D eigenvalue weighted by molar-refractivity contribution is -0.114. The molecular weight excluding hydrogens is 459 g/mol. The summed E-state index contributed by atoms with van der Waals surface area (Å²) in [6.45, 7) is 3.09. The molecule has 34 heavy (non-hydrogen) atoms. The van der Waals surface area contributed by atoms with E-state index in [1.54, 1.807) is 12.1 Å². The first kappa shape index (κ1) is 24.4. The number of hydrogen-bond acceptors (Lipinski definition) is 6. The Morgan fingerprint density at radius 3 is 2.29 bits per heavy atom. The smallest absolute Gasteiger partial charge is 0.243 e. The van der Waals surface area contributed by atoms with Crippen LogP contribution in [0.4, 0.5) is 21.5 Å². The van der Waals surface area contributed by atoms with Gasteiger partial charge in [0.2, 0.25) is 15.9 Å². The van der Waals surface area contributed by atoms with Crippen molar-refractivity contribution in [3.63, 3.8) is 0 Å². The molecule has 2 fully saturated rings. The van der Waals surface area contributed by atoms with Crippen LogP contribution in [0.2, 0.25) is 0 Å². The molecule has 0 spiro atoms. The lowest BCUT2D eigenvalue weighted by Gasteiger charge is -2.28. The molecule has 10 heteroatoms. The molecule has 0 saturated carbocycles. The first-order chi connectivity index (χ1) is 16.4. The predicted molar refractivity (Wildman–Crippen MR) is 130 cm³/mol. The number of nitrogens with zero attached hydrogens (tertiary/aromatic N) is 2. The molecule has 0 aliphatic carbocycles. The van der Waals surface area contributed by atoms with Gasteiger partial charge in [-0.2, -0.15) is 4.31 Å². The van der Waals surface area contributed by atoms with E-state index >= 15 is 0 Å². The highest BCUT2D eigenvalue weighted by Crippen LogP contribution is 2.32. The molecule has 0 radical (unpaired) electrons. The van der Waals surface area contributed by atoms with Crippen molar-refractivity contribution < 1.29 is 22.3 Å². The topological polar surface area (TPSA) is 91.0 Å². The number of ether oxygens (including phenoxy) is 1. The fourth-order valence-corrected chi connectivity index (χ4v) is 5.69. The fraction of sp³-hybridized carbons (Fsp3) is 0.458. The van der Waals surface area contributed by atoms with Crippen LogP contribution in [-0.4, -0.2) is 64.6 Å². The van der Waals surface area contributed by atoms with Crippen molar-refractivity contribution in [3.05, 3.63) is 48.3 Å². The maximum atomic E-state index is 13.2. The van der Waals surface area contributed by atoms with Gasteiger partial charge in [-0.3, -0.25) is 4.79 Å². The second-order valence-electron chi connectivity index (χ2n) is 8.51. The number of morpholine rings is 1. The van der Waals surface area contributed by atoms with Crippen LogP contribution < -0.4 is 15.5 Å². The molecule has 2 N–H and O–H groups in total. The minimum atomic E-state index is -3.67. The Bertz CT molecular complexity index is 1080. The molecular formula is C24H31FN4O4S. The van der Waals surface area contributed by atoms with E-state index in [0.717, 1.165) is 31.6 Å². The first-order valence-corrected chi connectivity index (χ1v) is 13.1. The quantitative estimate of drug-likeness (QED) is 0.619. The first-order valence-electron chi connectivity index (χ1n) is 11.7. The van der Waals surface area contributed by atoms with Crippen molar-refractivity contribution in [1.82, 2.24) is 4.31 Å². The van der Waals surface area contributed by atoms with Crippen LogP contribution in [-0.2, 0) is 19.6 Å². The van der Waals surface area contributed by atoms with Crippen molar-refractivity contribution in [1.29, 1.82) is 0 Å². The third-order valence-electron chi connectivity index (χ3n) is 6.09. The number of anilines is 3. The highest BCUT2D eigenvalue weighted by molar-refractivity contribution is 7.89. The average molecular weight is 491 g/mol. The Kier molecular flexibility index (Phi) is 8.02. The van der Waals surface area contributed by atoms with E-state index < -0.39 is 10.0 Å². The molecule has 2 aromatic rings. The Morgan fingerprint density at radius 2 is 1.62 bits per heavy atom. The summed E-state index contributed by atoms with van der Waals surface area (Å²) >= 11 is 0. The van der Waals surface area contributed by atoms with E-state index in [-0.39, 0.29) is 23.2 Å². The number of rotatable bonds is 7. The summed E-state index contributed by atoms with van der Waals surface area (Å²) in [7, 11) is -3.67. The molecule has 8 nitrogen and oxygen atoms in total. The third kappa shape index (κ3) is 6.05. The van der Waals surface area contributed by atoms with Gasteiger partial charge in [-0.1, -0.05) is 12.8 Å². The van der Waals surface area contributed by atoms with Crippen LogP contribution in [0.5, 0.6) is 0 Å². The van der Waals surface area contributed by atoms with Crippen LogP contribution in [0, 0.1) is 5.82 Å². The molecule has 0 aromatic heterocycles. The summed E-state index contributed by atoms with van der Waals surface area (Å²) in [5, 5.41) is 5.87. The average Bonchev–Trinajstić information content (AvgIpc) is 3.14. The minimum absolute atomic E-state index is 0.0563. The molecule has 4 rings (SSSR count). The monoisotopic (exact) mass is 490 g/mol. The fourth-order valence-electron chi connectivity index (χ4n) is 4.25. The lowest BCUT2D eigenvalue weighted by Crippen LogP contribution is -2.40. The Balaban J connectivity index is 1.55. The van der Waals surface area contributed by atoms with Gasteiger partial charge in [0, 0.05) is 31.9 Å². The second-order valence-corrected chi connectivity index (χ2v) is 10.4. The van der Waals surface area contributed by atoms with E-state index in [4.69, 9.17) is 4.74 Å². The molecule has 0 bridgehead atoms. The molecule has 2 saturated heterocycles. The molecule has 2 heterocycles. The Hall–Kier alpha value is -2.69. The van der Waals surface area contributed by atoms with Crippen molar-refractivity contribution in [2.24, 2.45) is 0 Å². The number of nitrogens with one attached hydrogen (secondary N) is 2. The number of carbonyl (C=O) groups is 1. The van der Waals surface area contributed by atoms with Crippen molar-refractivity contribution in [2.75, 3.05) is 61.5 Å². The van der Waals surface area contributed by atoms with Gasteiger partial charge >= 0.3 is 0 Å². The van der Waals surface area contributed by atoms with Crippen molar-refractivity contribution in [2.45, 2.75) is 30.6 Å². The minimum Gasteiger partial charge on any atom is -0.379 e. The van der Waals surface area contributed by atoms with Crippen LogP contribution in [0.25, 0.3) is 0 Å². The number of carbonyl (C=O) groups excluding carboxylic acids is 1. The molecule has 0 unspecified atom stereocenters. The number of amides is 1. The van der Waals surface area contributed by atoms with Gasteiger partial charge in [-0.25, -0.2) is 12.8 Å². The van der Waals surface area contributed by atoms with Crippen LogP contribution >= 0.6 is 0 Å². The summed E-state index contributed by atoms with van der Waals surface area (Å²) in [4.78, 5) is 15.0. The Labute approximate surface area is 200 Å². The maximum absolute atomic E-state index is 13.2. The Morgan fingerprint density at radius 1 is 0.941 bits per heavy atom. The van der Waals surface area contributed by atoms with Gasteiger partial charge in [0.1, 0.15) is 5.82 Å². The zero-order valence-electron chi connectivity index (χ0n) is 19.1. The van der Waals surface area contributed by atoms with E-state index in [2.05, 4.69) is 15.5 Å². The summed E-state index contributed by atoms with van der Waals surface area (Å²) in [6.07, 6.45) is 4.47. The summed E-state index contributed by atoms with van der Waals surface area (Å²) in [5.74, 6) is -0.689. The van der Waals surface area contributed by atoms with Crippen LogP contribution in [0.3, 0.4) is 0 Å². The van der Waals surface area contributed by atoms with E-state index in [9.17, 15) is 17.6 Å². The highest BCUT2D eigenvalue weighted by Gasteiger charge is 2.27. The van der Waals surface area contributed by atoms with Gasteiger partial charge in [0.25, 0.3) is 0 Å². The zero-order chi connectivity index (χ0) is 24.0. The number of benzene rings is 2. The lowest BCUT2D eigenvalue weighted by atomic mass is 10.2. The summed E-state index contributed by atoms with van der Waals surface area (Å²) < 4.78 is 46.3. The number of sulfonamides is 1. The van der Waals surface area contributed by atoms with E-state index in [1.165, 1.54) is 41.4 Å². The molecule has 2 aliphatic rings. The van der Waals surface area contributed by atoms with Crippen molar-refractivity contribution >= 4 is 33.0 Å². The standard InChI is InChI=1S/C24H31FN4O4S/c25-19-5-7-20(8-6-19)27-24(30)18-26-22-17-21(34(31,32)29-13-15-33-16-14-29)9-10-23(22)28-11-3-1-2-4-12-28/h5-10,17,26H,1-4,11-16,18H2,(H,27,30). The van der Waals surface area contributed by atoms with E-state index in [1.807, 2.05) is 6.07 Å². The third-order valence-corrected chi connectivity index (χ3v) is 7.98. The van der Waals surface area contributed by atoms with Gasteiger partial charge in [-0.05, 0) is 55.3 Å². The van der Waals surface area contributed by atoms with Crippen molar-refractivity contribution in [3.8, 4) is 0 Å². The molecule has 0 atom stereocenters. The predicted octanol–water partition coefficient (Wildman–Crippen LogP) is 3.28. The molecule has 1 amide bonds. The molecule has 2 aromatic carbocycles. The zero-order valence-corrected chi connectivity index (χ0v) is 19.9. The van der Waals surface area contributed by atoms with Gasteiger partial charge < -0.3 is 20.3 Å². The van der Waals surface area contributed by atoms with Gasteiger partial charge in [0.15, 0.2) is 0 Å². The van der Waals surface area contributed by atoms with Crippen LogP contribution in [0.1, 0.15) is 25.7 Å². The van der Waals surface area contributed by atoms with E-state index in [0.29, 0.717) is 37.7 Å². The van der Waals surface area contributed by atoms with Gasteiger partial charge in [0.05, 0.1) is 36.0 Å². The van der Waals surface area contributed by atoms with Gasteiger partial charge in [-0.15, -0.1) is 0 Å². The number of hydrogen-bond donors (Lipinski definition) is 2. The molecule has 184 valence electrons. The molecule has 2 aliphatic heterocycles. The SMILES string of the molecule is O=C(CNc1cc(S(=O)(=O)N2CCOCC2)ccc1N1CCCCCC1)Nc1ccc(F)cc1. The largest absolute Gasteiger partial charge is 0.379 e. The second kappa shape index (κ2) is 11.2. The maximum Gasteiger partial charge on any atom is 0.243 e. The van der Waals surface area contributed by atoms with Crippen LogP contribution in [0.15, 0.2) is 47.4 Å². The normalized spacial score (nSPS) is 17.7.